The first-order valence-corrected chi connectivity index (χ1v) is 7.46. The Morgan fingerprint density at radius 2 is 1.52 bits per heavy atom. The second-order valence-electron chi connectivity index (χ2n) is 4.52. The maximum atomic E-state index is 12.0. The molecule has 0 aliphatic carbocycles. The molecule has 0 spiro atoms. The van der Waals surface area contributed by atoms with E-state index in [0.29, 0.717) is 5.75 Å². The molecule has 0 N–H and O–H groups in total. The van der Waals surface area contributed by atoms with Gasteiger partial charge in [0.05, 0.1) is 13.2 Å². The summed E-state index contributed by atoms with van der Waals surface area (Å²) in [6.45, 7) is 5.05. The van der Waals surface area contributed by atoms with Gasteiger partial charge < -0.3 is 14.2 Å². The summed E-state index contributed by atoms with van der Waals surface area (Å²) in [5, 5.41) is 0. The number of carbonyl (C=O) groups is 2. The third-order valence-electron chi connectivity index (χ3n) is 2.79. The van der Waals surface area contributed by atoms with Gasteiger partial charge in [-0.2, -0.15) is 0 Å². The molecule has 6 heteroatoms. The second kappa shape index (κ2) is 8.02. The normalized spacial score (nSPS) is 10.9. The number of ether oxygens (including phenoxy) is 3. The molecule has 0 bridgehead atoms. The molecular weight excluding hydrogens is 340 g/mol. The third kappa shape index (κ3) is 4.74. The predicted molar refractivity (Wildman–Crippen MR) is 81.0 cm³/mol. The van der Waals surface area contributed by atoms with E-state index in [0.717, 1.165) is 4.47 Å². The first kappa shape index (κ1) is 17.5. The summed E-state index contributed by atoms with van der Waals surface area (Å²) in [5.41, 5.74) is -1.49. The topological polar surface area (TPSA) is 61.8 Å². The van der Waals surface area contributed by atoms with Crippen molar-refractivity contribution in [2.45, 2.75) is 20.8 Å². The van der Waals surface area contributed by atoms with E-state index in [4.69, 9.17) is 14.2 Å². The van der Waals surface area contributed by atoms with E-state index >= 15 is 0 Å². The lowest BCUT2D eigenvalue weighted by atomic mass is 9.92. The maximum Gasteiger partial charge on any atom is 0.326 e. The molecule has 0 saturated heterocycles. The van der Waals surface area contributed by atoms with Crippen molar-refractivity contribution in [2.75, 3.05) is 19.8 Å². The standard InChI is InChI=1S/C15H19BrO5/c1-4-19-13(17)15(3,14(18)20-5-2)10-21-12-8-6-11(16)7-9-12/h6-9H,4-5,10H2,1-3H3. The molecule has 0 aromatic heterocycles. The Morgan fingerprint density at radius 3 is 1.95 bits per heavy atom. The largest absolute Gasteiger partial charge is 0.492 e. The summed E-state index contributed by atoms with van der Waals surface area (Å²) in [4.78, 5) is 24.1. The fraction of sp³-hybridized carbons (Fsp3) is 0.467. The lowest BCUT2D eigenvalue weighted by molar-refractivity contribution is -0.172. The molecule has 0 unspecified atom stereocenters. The molecule has 0 aliphatic rings. The van der Waals surface area contributed by atoms with Crippen LogP contribution in [0, 0.1) is 5.41 Å². The van der Waals surface area contributed by atoms with Crippen LogP contribution < -0.4 is 4.74 Å². The summed E-state index contributed by atoms with van der Waals surface area (Å²) < 4.78 is 16.4. The zero-order valence-electron chi connectivity index (χ0n) is 12.3. The Bertz CT molecular complexity index is 465. The summed E-state index contributed by atoms with van der Waals surface area (Å²) in [5.74, 6) is -0.751. The molecule has 0 heterocycles. The van der Waals surface area contributed by atoms with E-state index in [1.54, 1.807) is 38.1 Å². The molecule has 21 heavy (non-hydrogen) atoms. The van der Waals surface area contributed by atoms with Gasteiger partial charge in [0.2, 0.25) is 0 Å². The SMILES string of the molecule is CCOC(=O)C(C)(COc1ccc(Br)cc1)C(=O)OCC. The minimum Gasteiger partial charge on any atom is -0.492 e. The van der Waals surface area contributed by atoms with Gasteiger partial charge in [-0.05, 0) is 45.0 Å². The van der Waals surface area contributed by atoms with Gasteiger partial charge in [-0.25, -0.2) is 0 Å². The number of rotatable bonds is 7. The van der Waals surface area contributed by atoms with Gasteiger partial charge in [0.25, 0.3) is 0 Å². The van der Waals surface area contributed by atoms with Crippen molar-refractivity contribution in [3.8, 4) is 5.75 Å². The molecule has 0 saturated carbocycles. The number of halogens is 1. The highest BCUT2D eigenvalue weighted by Gasteiger charge is 2.45. The highest BCUT2D eigenvalue weighted by atomic mass is 79.9. The molecule has 1 aromatic carbocycles. The fourth-order valence-electron chi connectivity index (χ4n) is 1.54. The summed E-state index contributed by atoms with van der Waals surface area (Å²) in [6.07, 6.45) is 0. The van der Waals surface area contributed by atoms with Crippen molar-refractivity contribution in [1.29, 1.82) is 0 Å². The minimum absolute atomic E-state index is 0.147. The van der Waals surface area contributed by atoms with Crippen molar-refractivity contribution >= 4 is 27.9 Å². The van der Waals surface area contributed by atoms with Crippen LogP contribution in [0.25, 0.3) is 0 Å². The molecule has 0 aliphatic heterocycles. The predicted octanol–water partition coefficient (Wildman–Crippen LogP) is 2.96. The van der Waals surface area contributed by atoms with E-state index in [1.807, 2.05) is 0 Å². The average molecular weight is 359 g/mol. The Balaban J connectivity index is 2.84. The molecule has 0 amide bonds. The smallest absolute Gasteiger partial charge is 0.326 e. The van der Waals surface area contributed by atoms with Crippen molar-refractivity contribution in [2.24, 2.45) is 5.41 Å². The van der Waals surface area contributed by atoms with Crippen LogP contribution in [0.2, 0.25) is 0 Å². The monoisotopic (exact) mass is 358 g/mol. The van der Waals surface area contributed by atoms with Gasteiger partial charge in [0.1, 0.15) is 12.4 Å². The first-order chi connectivity index (χ1) is 9.93. The zero-order valence-corrected chi connectivity index (χ0v) is 13.9. The zero-order chi connectivity index (χ0) is 15.9. The van der Waals surface area contributed by atoms with Crippen LogP contribution in [0.4, 0.5) is 0 Å². The molecule has 1 aromatic rings. The average Bonchev–Trinajstić information content (AvgIpc) is 2.46. The Labute approximate surface area is 132 Å². The van der Waals surface area contributed by atoms with Crippen molar-refractivity contribution in [3.63, 3.8) is 0 Å². The van der Waals surface area contributed by atoms with E-state index in [1.165, 1.54) is 6.92 Å². The second-order valence-corrected chi connectivity index (χ2v) is 5.43. The van der Waals surface area contributed by atoms with Gasteiger partial charge in [-0.15, -0.1) is 0 Å². The molecular formula is C15H19BrO5. The highest BCUT2D eigenvalue weighted by Crippen LogP contribution is 2.24. The highest BCUT2D eigenvalue weighted by molar-refractivity contribution is 9.10. The minimum atomic E-state index is -1.49. The van der Waals surface area contributed by atoms with Crippen molar-refractivity contribution in [1.82, 2.24) is 0 Å². The third-order valence-corrected chi connectivity index (χ3v) is 3.32. The lowest BCUT2D eigenvalue weighted by Gasteiger charge is -2.24. The van der Waals surface area contributed by atoms with Crippen LogP contribution in [0.5, 0.6) is 5.75 Å². The molecule has 0 radical (unpaired) electrons. The Morgan fingerprint density at radius 1 is 1.05 bits per heavy atom. The first-order valence-electron chi connectivity index (χ1n) is 6.66. The number of esters is 2. The van der Waals surface area contributed by atoms with Crippen LogP contribution in [0.3, 0.4) is 0 Å². The van der Waals surface area contributed by atoms with E-state index in [2.05, 4.69) is 15.9 Å². The van der Waals surface area contributed by atoms with Gasteiger partial charge in [-0.3, -0.25) is 9.59 Å². The molecule has 0 fully saturated rings. The number of hydrogen-bond acceptors (Lipinski definition) is 5. The molecule has 1 rings (SSSR count). The van der Waals surface area contributed by atoms with Crippen LogP contribution in [-0.4, -0.2) is 31.8 Å². The molecule has 116 valence electrons. The molecule has 5 nitrogen and oxygen atoms in total. The van der Waals surface area contributed by atoms with Gasteiger partial charge in [0, 0.05) is 4.47 Å². The summed E-state index contributed by atoms with van der Waals surface area (Å²) in [6, 6.07) is 7.09. The van der Waals surface area contributed by atoms with Crippen LogP contribution in [0.15, 0.2) is 28.7 Å². The van der Waals surface area contributed by atoms with Crippen LogP contribution in [-0.2, 0) is 19.1 Å². The quantitative estimate of drug-likeness (QED) is 0.553. The number of benzene rings is 1. The van der Waals surface area contributed by atoms with Gasteiger partial charge >= 0.3 is 11.9 Å². The van der Waals surface area contributed by atoms with E-state index in [9.17, 15) is 9.59 Å². The Hall–Kier alpha value is -1.56. The van der Waals surface area contributed by atoms with Crippen LogP contribution >= 0.6 is 15.9 Å². The van der Waals surface area contributed by atoms with Crippen molar-refractivity contribution < 1.29 is 23.8 Å². The van der Waals surface area contributed by atoms with Gasteiger partial charge in [0.15, 0.2) is 5.41 Å². The lowest BCUT2D eigenvalue weighted by Crippen LogP contribution is -2.44. The maximum absolute atomic E-state index is 12.0. The molecule has 0 atom stereocenters. The van der Waals surface area contributed by atoms with E-state index in [-0.39, 0.29) is 19.8 Å². The van der Waals surface area contributed by atoms with Crippen molar-refractivity contribution in [3.05, 3.63) is 28.7 Å². The van der Waals surface area contributed by atoms with Gasteiger partial charge in [-0.1, -0.05) is 15.9 Å². The number of hydrogen-bond donors (Lipinski definition) is 0. The van der Waals surface area contributed by atoms with Crippen LogP contribution in [0.1, 0.15) is 20.8 Å². The van der Waals surface area contributed by atoms with E-state index < -0.39 is 17.4 Å². The Kier molecular flexibility index (Phi) is 6.68. The number of carbonyl (C=O) groups excluding carboxylic acids is 2. The fourth-order valence-corrected chi connectivity index (χ4v) is 1.80. The summed E-state index contributed by atoms with van der Waals surface area (Å²) >= 11 is 3.32. The summed E-state index contributed by atoms with van der Waals surface area (Å²) in [7, 11) is 0.